The molecule has 4 bridgehead atoms. The molecule has 4 nitrogen and oxygen atoms in total. The number of rotatable bonds is 4. The van der Waals surface area contributed by atoms with Gasteiger partial charge in [0.15, 0.2) is 10.9 Å². The lowest BCUT2D eigenvalue weighted by molar-refractivity contribution is -0.0672. The van der Waals surface area contributed by atoms with E-state index in [4.69, 9.17) is 16.6 Å². The van der Waals surface area contributed by atoms with Gasteiger partial charge in [-0.2, -0.15) is 0 Å². The second-order valence-corrected chi connectivity index (χ2v) is 10.8. The number of benzene rings is 1. The molecule has 6 rings (SSSR count). The second kappa shape index (κ2) is 7.77. The summed E-state index contributed by atoms with van der Waals surface area (Å²) in [5.41, 5.74) is 3.74. The van der Waals surface area contributed by atoms with Crippen LogP contribution in [0.25, 0.3) is 11.3 Å². The van der Waals surface area contributed by atoms with Gasteiger partial charge in [-0.15, -0.1) is 0 Å². The first kappa shape index (κ1) is 20.7. The van der Waals surface area contributed by atoms with E-state index in [9.17, 15) is 4.79 Å². The lowest BCUT2D eigenvalue weighted by Gasteiger charge is -2.59. The minimum atomic E-state index is -0.301. The fraction of sp³-hybridized carbons (Fsp3) is 0.538. The summed E-state index contributed by atoms with van der Waals surface area (Å²) in [6, 6.07) is 9.99. The molecule has 0 radical (unpaired) electrons. The molecule has 4 aliphatic rings. The van der Waals surface area contributed by atoms with Crippen molar-refractivity contribution in [2.24, 2.45) is 23.2 Å². The molecule has 1 amide bonds. The third-order valence-corrected chi connectivity index (χ3v) is 8.42. The number of furan rings is 1. The zero-order chi connectivity index (χ0) is 21.8. The van der Waals surface area contributed by atoms with Crippen LogP contribution in [0.4, 0.5) is 0 Å². The first-order chi connectivity index (χ1) is 14.8. The van der Waals surface area contributed by atoms with E-state index >= 15 is 0 Å². The topological polar surface area (TPSA) is 54.3 Å². The molecular formula is C26H32N2O2S. The quantitative estimate of drug-likeness (QED) is 0.597. The molecule has 1 aromatic heterocycles. The zero-order valence-corrected chi connectivity index (χ0v) is 19.5. The number of thiocarbonyl (C=S) groups is 1. The number of aryl methyl sites for hydroxylation is 2. The van der Waals surface area contributed by atoms with Gasteiger partial charge in [-0.3, -0.25) is 10.1 Å². The summed E-state index contributed by atoms with van der Waals surface area (Å²) in [5.74, 6) is 3.35. The van der Waals surface area contributed by atoms with Crippen LogP contribution in [-0.4, -0.2) is 17.1 Å². The first-order valence-corrected chi connectivity index (χ1v) is 12.0. The number of carbonyl (C=O) groups is 1. The van der Waals surface area contributed by atoms with Crippen molar-refractivity contribution in [1.29, 1.82) is 0 Å². The van der Waals surface area contributed by atoms with Crippen LogP contribution >= 0.6 is 12.2 Å². The highest BCUT2D eigenvalue weighted by molar-refractivity contribution is 7.80. The summed E-state index contributed by atoms with van der Waals surface area (Å²) >= 11 is 5.51. The molecule has 4 aliphatic carbocycles. The average Bonchev–Trinajstić information content (AvgIpc) is 3.19. The zero-order valence-electron chi connectivity index (χ0n) is 18.7. The number of nitrogens with one attached hydrogen (secondary N) is 2. The van der Waals surface area contributed by atoms with E-state index < -0.39 is 0 Å². The largest absolute Gasteiger partial charge is 0.451 e. The van der Waals surface area contributed by atoms with Crippen LogP contribution in [0.1, 0.15) is 67.1 Å². The molecule has 0 unspecified atom stereocenters. The Labute approximate surface area is 190 Å². The Morgan fingerprint density at radius 2 is 1.68 bits per heavy atom. The van der Waals surface area contributed by atoms with E-state index in [0.29, 0.717) is 16.3 Å². The smallest absolute Gasteiger partial charge is 0.293 e. The van der Waals surface area contributed by atoms with Crippen molar-refractivity contribution in [3.63, 3.8) is 0 Å². The number of amides is 1. The molecule has 5 heteroatoms. The fourth-order valence-electron chi connectivity index (χ4n) is 6.77. The summed E-state index contributed by atoms with van der Waals surface area (Å²) in [5, 5.41) is 6.68. The molecule has 2 N–H and O–H groups in total. The van der Waals surface area contributed by atoms with Crippen LogP contribution in [0.2, 0.25) is 0 Å². The molecule has 0 spiro atoms. The van der Waals surface area contributed by atoms with Gasteiger partial charge in [0.25, 0.3) is 5.91 Å². The van der Waals surface area contributed by atoms with Crippen LogP contribution in [-0.2, 0) is 0 Å². The molecule has 2 aromatic rings. The summed E-state index contributed by atoms with van der Waals surface area (Å²) in [6.45, 7) is 6.40. The Bertz CT molecular complexity index is 989. The highest BCUT2D eigenvalue weighted by Gasteiger charge is 2.53. The summed E-state index contributed by atoms with van der Waals surface area (Å²) in [6.07, 6.45) is 8.20. The van der Waals surface area contributed by atoms with Crippen LogP contribution in [0.3, 0.4) is 0 Å². The molecule has 1 heterocycles. The Hall–Kier alpha value is -2.14. The van der Waals surface area contributed by atoms with Crippen molar-refractivity contribution in [3.8, 4) is 11.3 Å². The van der Waals surface area contributed by atoms with Gasteiger partial charge in [-0.1, -0.05) is 12.1 Å². The van der Waals surface area contributed by atoms with Crippen LogP contribution < -0.4 is 10.6 Å². The predicted octanol–water partition coefficient (Wildman–Crippen LogP) is 5.77. The molecule has 0 aliphatic heterocycles. The SMILES string of the molecule is Cc1ccc(-c2ccc(C(=O)NC(=S)N[C@H](C)C34CC5CC(CC(C5)C3)C4)o2)cc1C. The van der Waals surface area contributed by atoms with Gasteiger partial charge in [0.2, 0.25) is 0 Å². The maximum absolute atomic E-state index is 12.7. The average molecular weight is 437 g/mol. The summed E-state index contributed by atoms with van der Waals surface area (Å²) in [7, 11) is 0. The first-order valence-electron chi connectivity index (χ1n) is 11.6. The normalized spacial score (nSPS) is 29.6. The summed E-state index contributed by atoms with van der Waals surface area (Å²) in [4.78, 5) is 12.7. The van der Waals surface area contributed by atoms with Crippen molar-refractivity contribution >= 4 is 23.2 Å². The molecule has 0 saturated heterocycles. The van der Waals surface area contributed by atoms with Crippen LogP contribution in [0.15, 0.2) is 34.7 Å². The standard InChI is InChI=1S/C26H32N2O2S/c1-15-4-5-21(8-16(15)2)22-6-7-23(30-22)24(29)28-25(31)27-17(3)26-12-18-9-19(13-26)11-20(10-18)14-26/h4-8,17-20H,9-14H2,1-3H3,(H2,27,28,29,31)/t17-,18?,19?,20?,26?/m1/s1. The minimum Gasteiger partial charge on any atom is -0.451 e. The molecule has 164 valence electrons. The van der Waals surface area contributed by atoms with Gasteiger partial charge >= 0.3 is 0 Å². The van der Waals surface area contributed by atoms with Crippen molar-refractivity contribution < 1.29 is 9.21 Å². The van der Waals surface area contributed by atoms with Gasteiger partial charge < -0.3 is 9.73 Å². The van der Waals surface area contributed by atoms with Gasteiger partial charge in [0.1, 0.15) is 5.76 Å². The Morgan fingerprint density at radius 3 is 2.29 bits per heavy atom. The number of carbonyl (C=O) groups excluding carboxylic acids is 1. The molecule has 4 fully saturated rings. The molecule has 4 saturated carbocycles. The molecule has 31 heavy (non-hydrogen) atoms. The Morgan fingerprint density at radius 1 is 1.03 bits per heavy atom. The number of hydrogen-bond donors (Lipinski definition) is 2. The Kier molecular flexibility index (Phi) is 5.20. The van der Waals surface area contributed by atoms with Gasteiger partial charge in [0, 0.05) is 11.6 Å². The van der Waals surface area contributed by atoms with Crippen LogP contribution in [0.5, 0.6) is 0 Å². The highest BCUT2D eigenvalue weighted by Crippen LogP contribution is 2.61. The lowest BCUT2D eigenvalue weighted by Crippen LogP contribution is -2.57. The molecular weight excluding hydrogens is 404 g/mol. The van der Waals surface area contributed by atoms with E-state index in [1.807, 2.05) is 12.1 Å². The van der Waals surface area contributed by atoms with Gasteiger partial charge in [0.05, 0.1) is 0 Å². The van der Waals surface area contributed by atoms with E-state index in [2.05, 4.69) is 43.5 Å². The predicted molar refractivity (Wildman–Crippen MR) is 127 cm³/mol. The lowest BCUT2D eigenvalue weighted by atomic mass is 9.48. The molecule has 1 atom stereocenters. The minimum absolute atomic E-state index is 0.274. The van der Waals surface area contributed by atoms with Crippen molar-refractivity contribution in [1.82, 2.24) is 10.6 Å². The van der Waals surface area contributed by atoms with E-state index in [1.165, 1.54) is 49.7 Å². The molecule has 1 aromatic carbocycles. The third-order valence-electron chi connectivity index (χ3n) is 8.20. The van der Waals surface area contributed by atoms with E-state index in [1.54, 1.807) is 6.07 Å². The van der Waals surface area contributed by atoms with Gasteiger partial charge in [-0.05, 0) is 124 Å². The van der Waals surface area contributed by atoms with Crippen molar-refractivity contribution in [2.75, 3.05) is 0 Å². The van der Waals surface area contributed by atoms with Crippen molar-refractivity contribution in [2.45, 2.75) is 65.3 Å². The maximum atomic E-state index is 12.7. The number of hydrogen-bond acceptors (Lipinski definition) is 3. The monoisotopic (exact) mass is 436 g/mol. The van der Waals surface area contributed by atoms with Crippen molar-refractivity contribution in [3.05, 3.63) is 47.2 Å². The Balaban J connectivity index is 1.21. The van der Waals surface area contributed by atoms with E-state index in [0.717, 1.165) is 23.3 Å². The third kappa shape index (κ3) is 3.93. The summed E-state index contributed by atoms with van der Waals surface area (Å²) < 4.78 is 5.83. The van der Waals surface area contributed by atoms with E-state index in [-0.39, 0.29) is 17.7 Å². The second-order valence-electron chi connectivity index (χ2n) is 10.4. The highest BCUT2D eigenvalue weighted by atomic mass is 32.1. The maximum Gasteiger partial charge on any atom is 0.293 e. The van der Waals surface area contributed by atoms with Gasteiger partial charge in [-0.25, -0.2) is 0 Å². The fourth-order valence-corrected chi connectivity index (χ4v) is 7.04. The van der Waals surface area contributed by atoms with Crippen LogP contribution in [0, 0.1) is 37.0 Å².